The van der Waals surface area contributed by atoms with Gasteiger partial charge in [-0.05, 0) is 107 Å². The maximum absolute atomic E-state index is 4.95. The van der Waals surface area contributed by atoms with Gasteiger partial charge in [0.1, 0.15) is 11.0 Å². The van der Waals surface area contributed by atoms with E-state index in [9.17, 15) is 0 Å². The summed E-state index contributed by atoms with van der Waals surface area (Å²) in [6.07, 6.45) is 0. The van der Waals surface area contributed by atoms with Gasteiger partial charge in [0, 0.05) is 5.39 Å². The van der Waals surface area contributed by atoms with E-state index in [1.54, 1.807) is 4.80 Å². The van der Waals surface area contributed by atoms with Crippen LogP contribution in [0.4, 0.5) is 0 Å². The van der Waals surface area contributed by atoms with Gasteiger partial charge in [0.25, 0.3) is 0 Å². The Balaban J connectivity index is 1.09. The number of fused-ring (bicyclic) bond motifs is 11. The molecule has 0 aliphatic heterocycles. The largest absolute Gasteiger partial charge is 0.150 e. The number of rotatable bonds is 3. The highest BCUT2D eigenvalue weighted by Crippen LogP contribution is 2.38. The van der Waals surface area contributed by atoms with Crippen LogP contribution in [0.25, 0.3) is 92.8 Å². The highest BCUT2D eigenvalue weighted by molar-refractivity contribution is 6.25. The monoisotopic (exact) mass is 597 g/mol. The standard InChI is InChI=1S/C44H27N3/c1-2-11-34(12-3-1)47-45-42-24-21-28-17-18-33-26-31(19-22-35(33)43(28)44(42)46-47)29-9-8-10-30(25-29)32-20-23-40-38-15-5-4-13-36(38)37-14-6-7-16-39(37)41(40)27-32/h1-27H. The zero-order valence-electron chi connectivity index (χ0n) is 25.4. The summed E-state index contributed by atoms with van der Waals surface area (Å²) < 4.78 is 0. The molecule has 3 nitrogen and oxygen atoms in total. The fraction of sp³-hybridized carbons (Fsp3) is 0. The first-order valence-corrected chi connectivity index (χ1v) is 16.0. The van der Waals surface area contributed by atoms with Crippen LogP contribution in [0.15, 0.2) is 164 Å². The second-order valence-corrected chi connectivity index (χ2v) is 12.3. The summed E-state index contributed by atoms with van der Waals surface area (Å²) in [5, 5.41) is 22.2. The molecule has 0 N–H and O–H groups in total. The lowest BCUT2D eigenvalue weighted by atomic mass is 9.91. The summed E-state index contributed by atoms with van der Waals surface area (Å²) >= 11 is 0. The van der Waals surface area contributed by atoms with E-state index in [4.69, 9.17) is 10.2 Å². The number of hydrogen-bond acceptors (Lipinski definition) is 2. The maximum Gasteiger partial charge on any atom is 0.122 e. The average Bonchev–Trinajstić information content (AvgIpc) is 3.60. The fourth-order valence-electron chi connectivity index (χ4n) is 7.35. The summed E-state index contributed by atoms with van der Waals surface area (Å²) in [5.74, 6) is 0. The number of nitrogens with zero attached hydrogens (tertiary/aromatic N) is 3. The lowest BCUT2D eigenvalue weighted by molar-refractivity contribution is 0.766. The molecule has 0 unspecified atom stereocenters. The molecule has 0 fully saturated rings. The van der Waals surface area contributed by atoms with E-state index >= 15 is 0 Å². The Hall–Kier alpha value is -6.32. The maximum atomic E-state index is 4.95. The third-order valence-corrected chi connectivity index (χ3v) is 9.61. The highest BCUT2D eigenvalue weighted by Gasteiger charge is 2.13. The Morgan fingerprint density at radius 3 is 1.62 bits per heavy atom. The predicted molar refractivity (Wildman–Crippen MR) is 197 cm³/mol. The zero-order chi connectivity index (χ0) is 30.9. The van der Waals surface area contributed by atoms with Crippen LogP contribution in [0, 0.1) is 0 Å². The molecule has 0 spiro atoms. The Bertz CT molecular complexity index is 2810. The fourth-order valence-corrected chi connectivity index (χ4v) is 7.35. The molecule has 10 rings (SSSR count). The summed E-state index contributed by atoms with van der Waals surface area (Å²) in [7, 11) is 0. The zero-order valence-corrected chi connectivity index (χ0v) is 25.4. The van der Waals surface area contributed by atoms with Crippen LogP contribution in [-0.4, -0.2) is 15.0 Å². The van der Waals surface area contributed by atoms with Gasteiger partial charge in [0.2, 0.25) is 0 Å². The molecule has 0 atom stereocenters. The van der Waals surface area contributed by atoms with E-state index in [1.165, 1.54) is 65.3 Å². The molecule has 3 heteroatoms. The van der Waals surface area contributed by atoms with Crippen molar-refractivity contribution in [2.24, 2.45) is 0 Å². The van der Waals surface area contributed by atoms with Gasteiger partial charge in [0.15, 0.2) is 0 Å². The predicted octanol–water partition coefficient (Wildman–Crippen LogP) is 11.5. The third kappa shape index (κ3) is 4.07. The van der Waals surface area contributed by atoms with Crippen molar-refractivity contribution in [2.45, 2.75) is 0 Å². The molecule has 0 radical (unpaired) electrons. The molecule has 10 aromatic rings. The van der Waals surface area contributed by atoms with Gasteiger partial charge in [0.05, 0.1) is 5.69 Å². The molecule has 0 aliphatic carbocycles. The number of para-hydroxylation sites is 1. The minimum Gasteiger partial charge on any atom is -0.150 e. The van der Waals surface area contributed by atoms with Crippen molar-refractivity contribution < 1.29 is 0 Å². The molecule has 0 saturated carbocycles. The van der Waals surface area contributed by atoms with Crippen molar-refractivity contribution in [3.63, 3.8) is 0 Å². The second-order valence-electron chi connectivity index (χ2n) is 12.3. The van der Waals surface area contributed by atoms with Crippen LogP contribution >= 0.6 is 0 Å². The van der Waals surface area contributed by atoms with E-state index in [1.807, 2.05) is 30.3 Å². The van der Waals surface area contributed by atoms with Crippen molar-refractivity contribution in [3.05, 3.63) is 164 Å². The van der Waals surface area contributed by atoms with E-state index in [0.717, 1.165) is 27.5 Å². The average molecular weight is 598 g/mol. The SMILES string of the molecule is c1ccc(-n2nc3ccc4ccc5cc(-c6cccc(-c7ccc8c9ccccc9c9ccccc9c8c7)c6)ccc5c4c3n2)cc1. The van der Waals surface area contributed by atoms with E-state index in [0.29, 0.717) is 0 Å². The Kier molecular flexibility index (Phi) is 5.57. The van der Waals surface area contributed by atoms with Crippen LogP contribution in [0.2, 0.25) is 0 Å². The second kappa shape index (κ2) is 10.1. The minimum atomic E-state index is 0.891. The molecule has 1 aromatic heterocycles. The molecule has 1 heterocycles. The molecule has 47 heavy (non-hydrogen) atoms. The van der Waals surface area contributed by atoms with Crippen molar-refractivity contribution >= 4 is 64.9 Å². The van der Waals surface area contributed by atoms with E-state index < -0.39 is 0 Å². The summed E-state index contributed by atoms with van der Waals surface area (Å²) in [5.41, 5.74) is 7.57. The molecule has 0 saturated heterocycles. The Morgan fingerprint density at radius 1 is 0.340 bits per heavy atom. The first-order valence-electron chi connectivity index (χ1n) is 16.0. The Labute approximate surface area is 270 Å². The van der Waals surface area contributed by atoms with E-state index in [-0.39, 0.29) is 0 Å². The van der Waals surface area contributed by atoms with Gasteiger partial charge in [-0.3, -0.25) is 0 Å². The highest BCUT2D eigenvalue weighted by atomic mass is 15.5. The molecule has 9 aromatic carbocycles. The van der Waals surface area contributed by atoms with Gasteiger partial charge in [-0.2, -0.15) is 4.80 Å². The summed E-state index contributed by atoms with van der Waals surface area (Å²) in [4.78, 5) is 1.74. The Morgan fingerprint density at radius 2 is 0.894 bits per heavy atom. The van der Waals surface area contributed by atoms with Crippen molar-refractivity contribution in [2.75, 3.05) is 0 Å². The topological polar surface area (TPSA) is 30.7 Å². The quantitative estimate of drug-likeness (QED) is 0.190. The molecule has 0 bridgehead atoms. The number of hydrogen-bond donors (Lipinski definition) is 0. The lowest BCUT2D eigenvalue weighted by Crippen LogP contribution is -1.97. The number of benzene rings is 9. The minimum absolute atomic E-state index is 0.891. The van der Waals surface area contributed by atoms with Gasteiger partial charge >= 0.3 is 0 Å². The van der Waals surface area contributed by atoms with Crippen LogP contribution in [0.3, 0.4) is 0 Å². The molecule has 218 valence electrons. The first kappa shape index (κ1) is 26.0. The van der Waals surface area contributed by atoms with Crippen LogP contribution in [0.5, 0.6) is 0 Å². The summed E-state index contributed by atoms with van der Waals surface area (Å²) in [6, 6.07) is 58.8. The lowest BCUT2D eigenvalue weighted by Gasteiger charge is -2.13. The third-order valence-electron chi connectivity index (χ3n) is 9.61. The van der Waals surface area contributed by atoms with Crippen molar-refractivity contribution in [1.29, 1.82) is 0 Å². The molecular weight excluding hydrogens is 571 g/mol. The number of aromatic nitrogens is 3. The molecule has 0 aliphatic rings. The van der Waals surface area contributed by atoms with Crippen molar-refractivity contribution in [3.8, 4) is 27.9 Å². The van der Waals surface area contributed by atoms with Gasteiger partial charge in [-0.25, -0.2) is 0 Å². The van der Waals surface area contributed by atoms with Crippen LogP contribution in [-0.2, 0) is 0 Å². The molecular formula is C44H27N3. The van der Waals surface area contributed by atoms with Gasteiger partial charge in [-0.15, -0.1) is 10.2 Å². The van der Waals surface area contributed by atoms with Gasteiger partial charge < -0.3 is 0 Å². The van der Waals surface area contributed by atoms with Crippen molar-refractivity contribution in [1.82, 2.24) is 15.0 Å². The van der Waals surface area contributed by atoms with E-state index in [2.05, 4.69) is 133 Å². The van der Waals surface area contributed by atoms with Gasteiger partial charge in [-0.1, -0.05) is 127 Å². The normalized spacial score (nSPS) is 11.8. The van der Waals surface area contributed by atoms with Crippen LogP contribution in [0.1, 0.15) is 0 Å². The van der Waals surface area contributed by atoms with Crippen LogP contribution < -0.4 is 0 Å². The molecule has 0 amide bonds. The summed E-state index contributed by atoms with van der Waals surface area (Å²) in [6.45, 7) is 0. The first-order chi connectivity index (χ1) is 23.3. The smallest absolute Gasteiger partial charge is 0.122 e.